The number of nitrogens with zero attached hydrogens (tertiary/aromatic N) is 1. The number of carbonyl (C=O) groups is 1. The van der Waals surface area contributed by atoms with Gasteiger partial charge in [0.25, 0.3) is 5.91 Å². The number of primary amides is 1. The van der Waals surface area contributed by atoms with Crippen molar-refractivity contribution in [2.24, 2.45) is 10.7 Å². The Morgan fingerprint density at radius 2 is 1.96 bits per heavy atom. The Morgan fingerprint density at radius 1 is 1.14 bits per heavy atom. The van der Waals surface area contributed by atoms with Gasteiger partial charge in [-0.3, -0.25) is 4.79 Å². The summed E-state index contributed by atoms with van der Waals surface area (Å²) in [5, 5.41) is 11.1. The molecule has 0 unspecified atom stereocenters. The molecule has 0 aliphatic rings. The highest BCUT2D eigenvalue weighted by atomic mass is 16.3. The number of fused-ring (bicyclic) bond motifs is 1. The second kappa shape index (κ2) is 8.74. The van der Waals surface area contributed by atoms with E-state index in [-0.39, 0.29) is 16.9 Å². The summed E-state index contributed by atoms with van der Waals surface area (Å²) in [6.07, 6.45) is 5.26. The quantitative estimate of drug-likeness (QED) is 0.573. The molecule has 1 amide bonds. The average molecular weight is 378 g/mol. The minimum atomic E-state index is -0.602. The van der Waals surface area contributed by atoms with Gasteiger partial charge in [-0.05, 0) is 55.2 Å². The van der Waals surface area contributed by atoms with Crippen LogP contribution in [0.25, 0.3) is 11.0 Å². The first-order valence-electron chi connectivity index (χ1n) is 9.69. The number of rotatable bonds is 7. The molecule has 0 fully saturated rings. The monoisotopic (exact) mass is 378 g/mol. The van der Waals surface area contributed by atoms with Crippen LogP contribution in [-0.4, -0.2) is 11.0 Å². The fourth-order valence-corrected chi connectivity index (χ4v) is 3.23. The summed E-state index contributed by atoms with van der Waals surface area (Å²) in [6.45, 7) is 4.13. The lowest BCUT2D eigenvalue weighted by Gasteiger charge is -2.08. The molecule has 0 atom stereocenters. The van der Waals surface area contributed by atoms with Gasteiger partial charge in [-0.15, -0.1) is 0 Å². The van der Waals surface area contributed by atoms with E-state index >= 15 is 0 Å². The molecule has 3 rings (SSSR count). The predicted molar refractivity (Wildman–Crippen MR) is 111 cm³/mol. The predicted octanol–water partition coefficient (Wildman–Crippen LogP) is 4.90. The summed E-state index contributed by atoms with van der Waals surface area (Å²) < 4.78 is 5.85. The minimum absolute atomic E-state index is 0.140. The molecule has 5 nitrogen and oxygen atoms in total. The van der Waals surface area contributed by atoms with Gasteiger partial charge in [0.15, 0.2) is 0 Å². The van der Waals surface area contributed by atoms with Crippen LogP contribution in [0.2, 0.25) is 0 Å². The van der Waals surface area contributed by atoms with Crippen molar-refractivity contribution < 1.29 is 14.3 Å². The molecule has 0 saturated carbocycles. The molecule has 0 saturated heterocycles. The van der Waals surface area contributed by atoms with Gasteiger partial charge in [-0.2, -0.15) is 0 Å². The van der Waals surface area contributed by atoms with E-state index in [0.717, 1.165) is 42.2 Å². The number of benzene rings is 2. The van der Waals surface area contributed by atoms with Crippen LogP contribution in [0.1, 0.15) is 54.1 Å². The third kappa shape index (κ3) is 4.60. The summed E-state index contributed by atoms with van der Waals surface area (Å²) in [6, 6.07) is 12.7. The summed E-state index contributed by atoms with van der Waals surface area (Å²) >= 11 is 0. The Kier molecular flexibility index (Phi) is 6.14. The van der Waals surface area contributed by atoms with Crippen molar-refractivity contribution in [1.82, 2.24) is 0 Å². The van der Waals surface area contributed by atoms with Crippen molar-refractivity contribution in [2.45, 2.75) is 46.0 Å². The highest BCUT2D eigenvalue weighted by Crippen LogP contribution is 2.27. The van der Waals surface area contributed by atoms with Crippen LogP contribution in [0.5, 0.6) is 5.75 Å². The average Bonchev–Trinajstić information content (AvgIpc) is 2.65. The summed E-state index contributed by atoms with van der Waals surface area (Å²) in [5.41, 5.74) is 8.95. The molecule has 146 valence electrons. The number of aryl methyl sites for hydroxylation is 2. The SMILES string of the molecule is CCCCCCc1cc2cc(C(N)=O)c(=Nc3cccc(C)c3)oc2cc1O. The first-order chi connectivity index (χ1) is 13.5. The van der Waals surface area contributed by atoms with Gasteiger partial charge in [0.05, 0.1) is 5.69 Å². The maximum atomic E-state index is 12.0. The first-order valence-corrected chi connectivity index (χ1v) is 9.69. The number of amides is 1. The van der Waals surface area contributed by atoms with Gasteiger partial charge >= 0.3 is 0 Å². The number of hydrogen-bond acceptors (Lipinski definition) is 4. The van der Waals surface area contributed by atoms with Crippen LogP contribution >= 0.6 is 0 Å². The topological polar surface area (TPSA) is 88.8 Å². The van der Waals surface area contributed by atoms with Gasteiger partial charge in [-0.1, -0.05) is 38.3 Å². The fraction of sp³-hybridized carbons (Fsp3) is 0.304. The van der Waals surface area contributed by atoms with Crippen LogP contribution in [0.3, 0.4) is 0 Å². The zero-order valence-corrected chi connectivity index (χ0v) is 16.4. The standard InChI is InChI=1S/C23H26N2O3/c1-3-4-5-6-9-16-12-17-13-19(22(24)27)23(28-21(17)14-20(16)26)25-18-10-7-8-15(2)11-18/h7-8,10-14,26H,3-6,9H2,1-2H3,(H2,24,27). The highest BCUT2D eigenvalue weighted by molar-refractivity contribution is 5.95. The van der Waals surface area contributed by atoms with Crippen molar-refractivity contribution in [3.05, 3.63) is 64.7 Å². The lowest BCUT2D eigenvalue weighted by Crippen LogP contribution is -2.21. The fourth-order valence-electron chi connectivity index (χ4n) is 3.23. The molecular formula is C23H26N2O3. The van der Waals surface area contributed by atoms with Crippen LogP contribution in [-0.2, 0) is 6.42 Å². The lowest BCUT2D eigenvalue weighted by atomic mass is 10.0. The minimum Gasteiger partial charge on any atom is -0.508 e. The molecule has 28 heavy (non-hydrogen) atoms. The van der Waals surface area contributed by atoms with Gasteiger partial charge < -0.3 is 15.3 Å². The molecule has 0 bridgehead atoms. The van der Waals surface area contributed by atoms with Crippen molar-refractivity contribution in [3.8, 4) is 5.75 Å². The van der Waals surface area contributed by atoms with E-state index in [1.54, 1.807) is 12.1 Å². The van der Waals surface area contributed by atoms with E-state index in [4.69, 9.17) is 10.2 Å². The second-order valence-corrected chi connectivity index (χ2v) is 7.11. The third-order valence-corrected chi connectivity index (χ3v) is 4.75. The zero-order chi connectivity index (χ0) is 20.1. The maximum absolute atomic E-state index is 12.0. The van der Waals surface area contributed by atoms with Crippen LogP contribution in [0.4, 0.5) is 5.69 Å². The molecule has 1 heterocycles. The van der Waals surface area contributed by atoms with Gasteiger partial charge in [0, 0.05) is 11.5 Å². The van der Waals surface area contributed by atoms with E-state index in [0.29, 0.717) is 11.3 Å². The Bertz CT molecular complexity index is 1070. The molecule has 2 aromatic carbocycles. The Morgan fingerprint density at radius 3 is 2.68 bits per heavy atom. The van der Waals surface area contributed by atoms with E-state index in [2.05, 4.69) is 11.9 Å². The molecule has 5 heteroatoms. The van der Waals surface area contributed by atoms with Crippen molar-refractivity contribution in [3.63, 3.8) is 0 Å². The summed E-state index contributed by atoms with van der Waals surface area (Å²) in [7, 11) is 0. The zero-order valence-electron chi connectivity index (χ0n) is 16.4. The highest BCUT2D eigenvalue weighted by Gasteiger charge is 2.12. The molecule has 0 spiro atoms. The number of carbonyl (C=O) groups excluding carboxylic acids is 1. The molecule has 0 radical (unpaired) electrons. The lowest BCUT2D eigenvalue weighted by molar-refractivity contribution is 0.0996. The number of phenolic OH excluding ortho intramolecular Hbond substituents is 1. The molecule has 0 aliphatic heterocycles. The number of unbranched alkanes of at least 4 members (excludes halogenated alkanes) is 3. The number of phenols is 1. The van der Waals surface area contributed by atoms with Crippen molar-refractivity contribution in [1.29, 1.82) is 0 Å². The first kappa shape index (κ1) is 19.7. The molecule has 3 aromatic rings. The Hall–Kier alpha value is -3.08. The summed E-state index contributed by atoms with van der Waals surface area (Å²) in [4.78, 5) is 16.4. The van der Waals surface area contributed by atoms with Crippen molar-refractivity contribution >= 4 is 22.6 Å². The smallest absolute Gasteiger partial charge is 0.254 e. The van der Waals surface area contributed by atoms with Crippen LogP contribution in [0.15, 0.2) is 51.9 Å². The molecule has 3 N–H and O–H groups in total. The van der Waals surface area contributed by atoms with E-state index < -0.39 is 5.91 Å². The molecule has 0 aliphatic carbocycles. The van der Waals surface area contributed by atoms with Crippen LogP contribution in [0, 0.1) is 6.92 Å². The largest absolute Gasteiger partial charge is 0.508 e. The second-order valence-electron chi connectivity index (χ2n) is 7.11. The number of hydrogen-bond donors (Lipinski definition) is 2. The van der Waals surface area contributed by atoms with Gasteiger partial charge in [-0.25, -0.2) is 4.99 Å². The normalized spacial score (nSPS) is 11.9. The number of aromatic hydroxyl groups is 1. The Labute approximate surface area is 164 Å². The Balaban J connectivity index is 2.06. The summed E-state index contributed by atoms with van der Waals surface area (Å²) in [5.74, 6) is -0.407. The van der Waals surface area contributed by atoms with Gasteiger partial charge in [0.1, 0.15) is 16.9 Å². The van der Waals surface area contributed by atoms with E-state index in [1.165, 1.54) is 6.42 Å². The maximum Gasteiger partial charge on any atom is 0.254 e. The van der Waals surface area contributed by atoms with Crippen molar-refractivity contribution in [2.75, 3.05) is 0 Å². The van der Waals surface area contributed by atoms with E-state index in [1.807, 2.05) is 37.3 Å². The van der Waals surface area contributed by atoms with E-state index in [9.17, 15) is 9.90 Å². The number of nitrogens with two attached hydrogens (primary N) is 1. The van der Waals surface area contributed by atoms with Gasteiger partial charge in [0.2, 0.25) is 5.55 Å². The third-order valence-electron chi connectivity index (χ3n) is 4.75. The molecule has 1 aromatic heterocycles. The van der Waals surface area contributed by atoms with Crippen LogP contribution < -0.4 is 11.3 Å². The molecular weight excluding hydrogens is 352 g/mol.